The maximum atomic E-state index is 5.63. The highest BCUT2D eigenvalue weighted by Gasteiger charge is 2.14. The fourth-order valence-electron chi connectivity index (χ4n) is 2.25. The number of nitrogens with one attached hydrogen (secondary N) is 1. The van der Waals surface area contributed by atoms with Crippen LogP contribution in [0, 0.1) is 0 Å². The predicted octanol–water partition coefficient (Wildman–Crippen LogP) is 4.09. The molecule has 2 nitrogen and oxygen atoms in total. The van der Waals surface area contributed by atoms with E-state index >= 15 is 0 Å². The second-order valence-electron chi connectivity index (χ2n) is 4.45. The molecular formula is C15H21NO. The molecule has 0 amide bonds. The summed E-state index contributed by atoms with van der Waals surface area (Å²) in [6.07, 6.45) is 14.7. The van der Waals surface area contributed by atoms with E-state index < -0.39 is 0 Å². The molecule has 0 spiro atoms. The molecule has 0 saturated carbocycles. The van der Waals surface area contributed by atoms with Crippen LogP contribution in [0.3, 0.4) is 0 Å². The van der Waals surface area contributed by atoms with Gasteiger partial charge in [0.1, 0.15) is 12.0 Å². The van der Waals surface area contributed by atoms with Crippen molar-refractivity contribution in [1.82, 2.24) is 0 Å². The summed E-state index contributed by atoms with van der Waals surface area (Å²) in [5.74, 6) is 1.13. The van der Waals surface area contributed by atoms with Gasteiger partial charge in [0.2, 0.25) is 0 Å². The van der Waals surface area contributed by atoms with Crippen molar-refractivity contribution in [2.45, 2.75) is 45.6 Å². The molecule has 1 unspecified atom stereocenters. The van der Waals surface area contributed by atoms with Crippen molar-refractivity contribution >= 4 is 5.69 Å². The summed E-state index contributed by atoms with van der Waals surface area (Å²) in [6.45, 7) is 4.35. The highest BCUT2D eigenvalue weighted by molar-refractivity contribution is 5.53. The summed E-state index contributed by atoms with van der Waals surface area (Å²) in [6, 6.07) is 0.401. The fourth-order valence-corrected chi connectivity index (χ4v) is 2.25. The molecule has 1 aliphatic rings. The SMILES string of the molecule is CCCc1c(NC2C=CC=CC2)coc1CC. The highest BCUT2D eigenvalue weighted by atomic mass is 16.3. The van der Waals surface area contributed by atoms with E-state index in [9.17, 15) is 0 Å². The molecule has 1 aliphatic carbocycles. The van der Waals surface area contributed by atoms with Crippen LogP contribution in [0.4, 0.5) is 5.69 Å². The standard InChI is InChI=1S/C15H21NO/c1-3-8-13-14(11-17-15(13)4-2)16-12-9-6-5-7-10-12/h5-7,9,11-12,16H,3-4,8,10H2,1-2H3. The minimum Gasteiger partial charge on any atom is -0.467 e. The van der Waals surface area contributed by atoms with E-state index in [0.717, 1.165) is 31.4 Å². The molecule has 1 N–H and O–H groups in total. The zero-order valence-electron chi connectivity index (χ0n) is 10.7. The Hall–Kier alpha value is -1.44. The number of hydrogen-bond donors (Lipinski definition) is 1. The van der Waals surface area contributed by atoms with Gasteiger partial charge in [-0.25, -0.2) is 0 Å². The number of hydrogen-bond acceptors (Lipinski definition) is 2. The Morgan fingerprint density at radius 3 is 2.88 bits per heavy atom. The fraction of sp³-hybridized carbons (Fsp3) is 0.467. The molecule has 1 aromatic heterocycles. The molecule has 0 bridgehead atoms. The van der Waals surface area contributed by atoms with Gasteiger partial charge in [-0.1, -0.05) is 44.6 Å². The third kappa shape index (κ3) is 2.82. The van der Waals surface area contributed by atoms with E-state index in [1.165, 1.54) is 11.3 Å². The predicted molar refractivity (Wildman–Crippen MR) is 72.4 cm³/mol. The van der Waals surface area contributed by atoms with Gasteiger partial charge in [-0.2, -0.15) is 0 Å². The van der Waals surface area contributed by atoms with E-state index in [1.807, 2.05) is 6.26 Å². The lowest BCUT2D eigenvalue weighted by molar-refractivity contribution is 0.511. The normalized spacial score (nSPS) is 18.6. The number of anilines is 1. The quantitative estimate of drug-likeness (QED) is 0.825. The van der Waals surface area contributed by atoms with E-state index in [0.29, 0.717) is 6.04 Å². The van der Waals surface area contributed by atoms with E-state index in [4.69, 9.17) is 4.42 Å². The van der Waals surface area contributed by atoms with Gasteiger partial charge in [0.15, 0.2) is 0 Å². The van der Waals surface area contributed by atoms with Crippen molar-refractivity contribution in [3.05, 3.63) is 41.9 Å². The van der Waals surface area contributed by atoms with Crippen LogP contribution in [-0.2, 0) is 12.8 Å². The van der Waals surface area contributed by atoms with Crippen molar-refractivity contribution in [2.24, 2.45) is 0 Å². The second kappa shape index (κ2) is 5.76. The van der Waals surface area contributed by atoms with Crippen LogP contribution >= 0.6 is 0 Å². The second-order valence-corrected chi connectivity index (χ2v) is 4.45. The Morgan fingerprint density at radius 1 is 1.35 bits per heavy atom. The Balaban J connectivity index is 2.11. The molecule has 1 heterocycles. The third-order valence-electron chi connectivity index (χ3n) is 3.12. The van der Waals surface area contributed by atoms with Crippen LogP contribution in [0.5, 0.6) is 0 Å². The monoisotopic (exact) mass is 231 g/mol. The van der Waals surface area contributed by atoms with Crippen molar-refractivity contribution in [1.29, 1.82) is 0 Å². The zero-order valence-corrected chi connectivity index (χ0v) is 10.7. The summed E-state index contributed by atoms with van der Waals surface area (Å²) in [5, 5.41) is 3.56. The Morgan fingerprint density at radius 2 is 2.24 bits per heavy atom. The third-order valence-corrected chi connectivity index (χ3v) is 3.12. The minimum atomic E-state index is 0.401. The first kappa shape index (κ1) is 12.0. The molecule has 1 aromatic rings. The Labute approximate surface area is 103 Å². The van der Waals surface area contributed by atoms with Crippen LogP contribution in [0.2, 0.25) is 0 Å². The lowest BCUT2D eigenvalue weighted by Crippen LogP contribution is -2.17. The Kier molecular flexibility index (Phi) is 4.08. The molecule has 0 saturated heterocycles. The molecule has 17 heavy (non-hydrogen) atoms. The van der Waals surface area contributed by atoms with Crippen molar-refractivity contribution in [3.8, 4) is 0 Å². The average Bonchev–Trinajstić information content (AvgIpc) is 2.74. The topological polar surface area (TPSA) is 25.2 Å². The molecular weight excluding hydrogens is 210 g/mol. The minimum absolute atomic E-state index is 0.401. The van der Waals surface area contributed by atoms with Gasteiger partial charge in [0.25, 0.3) is 0 Å². The van der Waals surface area contributed by atoms with Crippen LogP contribution in [0.15, 0.2) is 35.0 Å². The van der Waals surface area contributed by atoms with Gasteiger partial charge >= 0.3 is 0 Å². The Bertz CT molecular complexity index is 415. The number of furan rings is 1. The number of rotatable bonds is 5. The maximum absolute atomic E-state index is 5.63. The first-order chi connectivity index (χ1) is 8.35. The lowest BCUT2D eigenvalue weighted by Gasteiger charge is -2.16. The van der Waals surface area contributed by atoms with Crippen molar-refractivity contribution in [3.63, 3.8) is 0 Å². The molecule has 0 radical (unpaired) electrons. The van der Waals surface area contributed by atoms with Gasteiger partial charge in [-0.05, 0) is 12.8 Å². The van der Waals surface area contributed by atoms with Crippen LogP contribution in [0.1, 0.15) is 38.0 Å². The summed E-state index contributed by atoms with van der Waals surface area (Å²) >= 11 is 0. The van der Waals surface area contributed by atoms with Crippen LogP contribution < -0.4 is 5.32 Å². The smallest absolute Gasteiger partial charge is 0.114 e. The van der Waals surface area contributed by atoms with Crippen molar-refractivity contribution in [2.75, 3.05) is 5.32 Å². The zero-order chi connectivity index (χ0) is 12.1. The largest absolute Gasteiger partial charge is 0.467 e. The molecule has 92 valence electrons. The number of aryl methyl sites for hydroxylation is 1. The molecule has 0 fully saturated rings. The molecule has 1 atom stereocenters. The molecule has 2 rings (SSSR count). The van der Waals surface area contributed by atoms with Crippen molar-refractivity contribution < 1.29 is 4.42 Å². The van der Waals surface area contributed by atoms with Gasteiger partial charge in [-0.3, -0.25) is 0 Å². The average molecular weight is 231 g/mol. The van der Waals surface area contributed by atoms with Crippen LogP contribution in [-0.4, -0.2) is 6.04 Å². The van der Waals surface area contributed by atoms with E-state index in [1.54, 1.807) is 0 Å². The van der Waals surface area contributed by atoms with Gasteiger partial charge in [0, 0.05) is 18.0 Å². The molecule has 2 heteroatoms. The highest BCUT2D eigenvalue weighted by Crippen LogP contribution is 2.26. The van der Waals surface area contributed by atoms with E-state index in [2.05, 4.69) is 43.5 Å². The summed E-state index contributed by atoms with van der Waals surface area (Å²) in [5.41, 5.74) is 2.53. The van der Waals surface area contributed by atoms with E-state index in [-0.39, 0.29) is 0 Å². The van der Waals surface area contributed by atoms with Gasteiger partial charge < -0.3 is 9.73 Å². The first-order valence-corrected chi connectivity index (χ1v) is 6.54. The lowest BCUT2D eigenvalue weighted by atomic mass is 10.1. The van der Waals surface area contributed by atoms with Crippen LogP contribution in [0.25, 0.3) is 0 Å². The number of allylic oxidation sites excluding steroid dienone is 2. The summed E-state index contributed by atoms with van der Waals surface area (Å²) in [4.78, 5) is 0. The summed E-state index contributed by atoms with van der Waals surface area (Å²) < 4.78 is 5.63. The molecule has 0 aliphatic heterocycles. The first-order valence-electron chi connectivity index (χ1n) is 6.54. The van der Waals surface area contributed by atoms with Gasteiger partial charge in [0.05, 0.1) is 5.69 Å². The van der Waals surface area contributed by atoms with Gasteiger partial charge in [-0.15, -0.1) is 0 Å². The maximum Gasteiger partial charge on any atom is 0.114 e. The molecule has 0 aromatic carbocycles. The summed E-state index contributed by atoms with van der Waals surface area (Å²) in [7, 11) is 0.